The Bertz CT molecular complexity index is 486. The van der Waals surface area contributed by atoms with Gasteiger partial charge in [-0.1, -0.05) is 25.1 Å². The fourth-order valence-corrected chi connectivity index (χ4v) is 2.28. The average molecular weight is 281 g/mol. The summed E-state index contributed by atoms with van der Waals surface area (Å²) in [6.07, 6.45) is -0.496. The molecule has 0 fully saturated rings. The van der Waals surface area contributed by atoms with Crippen molar-refractivity contribution in [1.29, 1.82) is 0 Å². The van der Waals surface area contributed by atoms with Crippen molar-refractivity contribution in [3.8, 4) is 0 Å². The van der Waals surface area contributed by atoms with E-state index in [1.165, 1.54) is 13.2 Å². The van der Waals surface area contributed by atoms with Crippen LogP contribution < -0.4 is 0 Å². The molecular weight excluding hydrogens is 262 g/mol. The van der Waals surface area contributed by atoms with E-state index in [-0.39, 0.29) is 12.1 Å². The number of hydrogen-bond donors (Lipinski definition) is 1. The predicted octanol–water partition coefficient (Wildman–Crippen LogP) is 2.26. The minimum absolute atomic E-state index is 0.0282. The van der Waals surface area contributed by atoms with Crippen molar-refractivity contribution < 1.29 is 19.6 Å². The van der Waals surface area contributed by atoms with Crippen LogP contribution >= 0.6 is 0 Å². The van der Waals surface area contributed by atoms with E-state index in [2.05, 4.69) is 0 Å². The second kappa shape index (κ2) is 7.00. The van der Waals surface area contributed by atoms with Crippen molar-refractivity contribution in [3.05, 3.63) is 39.9 Å². The second-order valence-electron chi connectivity index (χ2n) is 4.82. The van der Waals surface area contributed by atoms with Crippen molar-refractivity contribution in [2.45, 2.75) is 32.3 Å². The van der Waals surface area contributed by atoms with Gasteiger partial charge in [-0.05, 0) is 13.3 Å². The normalized spacial score (nSPS) is 15.2. The number of nitro benzene ring substituents is 1. The Balaban J connectivity index is 3.15. The fourth-order valence-electron chi connectivity index (χ4n) is 2.28. The number of esters is 1. The van der Waals surface area contributed by atoms with Gasteiger partial charge in [0.25, 0.3) is 5.69 Å². The topological polar surface area (TPSA) is 89.7 Å². The summed E-state index contributed by atoms with van der Waals surface area (Å²) in [4.78, 5) is 22.4. The van der Waals surface area contributed by atoms with Gasteiger partial charge in [0.15, 0.2) is 0 Å². The fraction of sp³-hybridized carbons (Fsp3) is 0.500. The van der Waals surface area contributed by atoms with Crippen molar-refractivity contribution in [2.24, 2.45) is 5.92 Å². The molecule has 0 aliphatic carbocycles. The highest BCUT2D eigenvalue weighted by Gasteiger charge is 2.32. The van der Waals surface area contributed by atoms with Gasteiger partial charge in [-0.15, -0.1) is 0 Å². The number of hydrogen-bond acceptors (Lipinski definition) is 5. The third-order valence-corrected chi connectivity index (χ3v) is 3.33. The molecule has 0 saturated heterocycles. The molecule has 0 bridgehead atoms. The van der Waals surface area contributed by atoms with Gasteiger partial charge in [-0.2, -0.15) is 0 Å². The van der Waals surface area contributed by atoms with E-state index in [4.69, 9.17) is 4.74 Å². The minimum atomic E-state index is -0.690. The number of para-hydroxylation sites is 1. The zero-order valence-electron chi connectivity index (χ0n) is 11.8. The van der Waals surface area contributed by atoms with Crippen LogP contribution in [-0.2, 0) is 9.53 Å². The maximum Gasteiger partial charge on any atom is 0.309 e. The van der Waals surface area contributed by atoms with Crippen LogP contribution in [0.2, 0.25) is 0 Å². The molecule has 0 heterocycles. The summed E-state index contributed by atoms with van der Waals surface area (Å²) >= 11 is 0. The van der Waals surface area contributed by atoms with Crippen LogP contribution in [0.15, 0.2) is 24.3 Å². The van der Waals surface area contributed by atoms with E-state index in [1.807, 2.05) is 0 Å². The molecule has 0 spiro atoms. The Kier molecular flexibility index (Phi) is 5.64. The number of rotatable bonds is 6. The quantitative estimate of drug-likeness (QED) is 0.490. The molecule has 1 aromatic rings. The van der Waals surface area contributed by atoms with Gasteiger partial charge in [-0.3, -0.25) is 14.9 Å². The van der Waals surface area contributed by atoms with Crippen molar-refractivity contribution >= 4 is 11.7 Å². The minimum Gasteiger partial charge on any atom is -0.469 e. The number of aliphatic hydroxyl groups is 1. The first-order chi connectivity index (χ1) is 9.38. The second-order valence-corrected chi connectivity index (χ2v) is 4.82. The van der Waals surface area contributed by atoms with Crippen LogP contribution in [0.25, 0.3) is 0 Å². The zero-order chi connectivity index (χ0) is 15.3. The molecule has 20 heavy (non-hydrogen) atoms. The molecule has 3 unspecified atom stereocenters. The first-order valence-corrected chi connectivity index (χ1v) is 6.37. The summed E-state index contributed by atoms with van der Waals surface area (Å²) < 4.78 is 4.74. The molecule has 0 amide bonds. The molecule has 0 aromatic heterocycles. The van der Waals surface area contributed by atoms with E-state index in [0.717, 1.165) is 0 Å². The number of carbonyl (C=O) groups is 1. The van der Waals surface area contributed by atoms with Gasteiger partial charge in [0.05, 0.1) is 24.1 Å². The Labute approximate surface area is 117 Å². The summed E-state index contributed by atoms with van der Waals surface area (Å²) in [5.41, 5.74) is 0.438. The van der Waals surface area contributed by atoms with Crippen LogP contribution in [0.3, 0.4) is 0 Å². The van der Waals surface area contributed by atoms with Gasteiger partial charge in [-0.25, -0.2) is 0 Å². The Hall–Kier alpha value is -1.95. The number of ether oxygens (including phenoxy) is 1. The molecule has 0 saturated carbocycles. The molecule has 110 valence electrons. The van der Waals surface area contributed by atoms with E-state index in [0.29, 0.717) is 5.56 Å². The Morgan fingerprint density at radius 3 is 2.50 bits per heavy atom. The third-order valence-electron chi connectivity index (χ3n) is 3.33. The molecule has 0 radical (unpaired) electrons. The van der Waals surface area contributed by atoms with Crippen LogP contribution in [0, 0.1) is 16.0 Å². The number of methoxy groups -OCH3 is 1. The molecule has 1 rings (SSSR count). The molecule has 6 heteroatoms. The number of nitro groups is 1. The van der Waals surface area contributed by atoms with Crippen molar-refractivity contribution in [3.63, 3.8) is 0 Å². The van der Waals surface area contributed by atoms with E-state index < -0.39 is 28.8 Å². The van der Waals surface area contributed by atoms with E-state index in [9.17, 15) is 20.0 Å². The molecule has 6 nitrogen and oxygen atoms in total. The number of nitrogens with zero attached hydrogens (tertiary/aromatic N) is 1. The smallest absolute Gasteiger partial charge is 0.309 e. The summed E-state index contributed by atoms with van der Waals surface area (Å²) in [6, 6.07) is 6.30. The van der Waals surface area contributed by atoms with E-state index >= 15 is 0 Å². The highest BCUT2D eigenvalue weighted by molar-refractivity contribution is 5.74. The summed E-state index contributed by atoms with van der Waals surface area (Å²) in [7, 11) is 1.27. The van der Waals surface area contributed by atoms with Crippen molar-refractivity contribution in [1.82, 2.24) is 0 Å². The third kappa shape index (κ3) is 3.77. The highest BCUT2D eigenvalue weighted by atomic mass is 16.6. The largest absolute Gasteiger partial charge is 0.469 e. The lowest BCUT2D eigenvalue weighted by atomic mass is 9.83. The SMILES string of the molecule is COC(=O)C(CC(C)O)C(C)c1ccccc1[N+](=O)[O-]. The summed E-state index contributed by atoms with van der Waals surface area (Å²) in [5.74, 6) is -1.52. The monoisotopic (exact) mass is 281 g/mol. The maximum atomic E-state index is 11.8. The zero-order valence-corrected chi connectivity index (χ0v) is 11.8. The van der Waals surface area contributed by atoms with Crippen LogP contribution in [0.5, 0.6) is 0 Å². The Morgan fingerprint density at radius 2 is 2.00 bits per heavy atom. The number of aliphatic hydroxyl groups excluding tert-OH is 1. The molecular formula is C14H19NO5. The van der Waals surface area contributed by atoms with Gasteiger partial charge in [0.2, 0.25) is 0 Å². The maximum absolute atomic E-state index is 11.8. The van der Waals surface area contributed by atoms with Crippen LogP contribution in [0.1, 0.15) is 31.7 Å². The lowest BCUT2D eigenvalue weighted by Crippen LogP contribution is -2.26. The van der Waals surface area contributed by atoms with Gasteiger partial charge >= 0.3 is 5.97 Å². The molecule has 1 aromatic carbocycles. The Morgan fingerprint density at radius 1 is 1.40 bits per heavy atom. The number of benzene rings is 1. The van der Waals surface area contributed by atoms with Gasteiger partial charge in [0.1, 0.15) is 0 Å². The van der Waals surface area contributed by atoms with Gasteiger partial charge in [0, 0.05) is 17.5 Å². The molecule has 0 aliphatic heterocycles. The predicted molar refractivity (Wildman–Crippen MR) is 73.3 cm³/mol. The first kappa shape index (κ1) is 16.1. The standard InChI is InChI=1S/C14H19NO5/c1-9(16)8-12(14(17)20-3)10(2)11-6-4-5-7-13(11)15(18)19/h4-7,9-10,12,16H,8H2,1-3H3. The summed E-state index contributed by atoms with van der Waals surface area (Å²) in [6.45, 7) is 3.30. The summed E-state index contributed by atoms with van der Waals surface area (Å²) in [5, 5.41) is 20.6. The van der Waals surface area contributed by atoms with Gasteiger partial charge < -0.3 is 9.84 Å². The first-order valence-electron chi connectivity index (χ1n) is 6.37. The average Bonchev–Trinajstić information content (AvgIpc) is 2.42. The van der Waals surface area contributed by atoms with Crippen LogP contribution in [-0.4, -0.2) is 29.2 Å². The lowest BCUT2D eigenvalue weighted by molar-refractivity contribution is -0.385. The lowest BCUT2D eigenvalue weighted by Gasteiger charge is -2.23. The van der Waals surface area contributed by atoms with Crippen LogP contribution in [0.4, 0.5) is 5.69 Å². The molecule has 0 aliphatic rings. The number of carbonyl (C=O) groups excluding carboxylic acids is 1. The highest BCUT2D eigenvalue weighted by Crippen LogP contribution is 2.34. The molecule has 1 N–H and O–H groups in total. The van der Waals surface area contributed by atoms with E-state index in [1.54, 1.807) is 32.0 Å². The molecule has 3 atom stereocenters. The van der Waals surface area contributed by atoms with Crippen molar-refractivity contribution in [2.75, 3.05) is 7.11 Å².